The fourth-order valence-corrected chi connectivity index (χ4v) is 2.82. The Labute approximate surface area is 108 Å². The van der Waals surface area contributed by atoms with E-state index in [0.29, 0.717) is 0 Å². The molecule has 1 N–H and O–H groups in total. The second kappa shape index (κ2) is 6.47. The topological polar surface area (TPSA) is 28.2 Å². The van der Waals surface area contributed by atoms with E-state index in [1.807, 2.05) is 0 Å². The van der Waals surface area contributed by atoms with Crippen molar-refractivity contribution in [1.29, 1.82) is 0 Å². The van der Waals surface area contributed by atoms with Crippen LogP contribution in [0, 0.1) is 0 Å². The van der Waals surface area contributed by atoms with Gasteiger partial charge in [-0.1, -0.05) is 13.8 Å². The van der Waals surface area contributed by atoms with Crippen LogP contribution in [-0.2, 0) is 13.1 Å². The van der Waals surface area contributed by atoms with Crippen LogP contribution in [0.4, 0.5) is 0 Å². The summed E-state index contributed by atoms with van der Waals surface area (Å²) in [6.07, 6.45) is 4.01. The van der Waals surface area contributed by atoms with Gasteiger partial charge in [-0.15, -0.1) is 11.3 Å². The summed E-state index contributed by atoms with van der Waals surface area (Å²) in [4.78, 5) is 7.28. The Morgan fingerprint density at radius 2 is 2.29 bits per heavy atom. The van der Waals surface area contributed by atoms with Gasteiger partial charge in [-0.2, -0.15) is 0 Å². The number of nitrogens with one attached hydrogen (secondary N) is 1. The molecule has 1 aromatic rings. The second-order valence-corrected chi connectivity index (χ2v) is 5.66. The van der Waals surface area contributed by atoms with Crippen molar-refractivity contribution in [3.05, 3.63) is 16.1 Å². The molecule has 0 bridgehead atoms. The molecule has 0 aromatic carbocycles. The molecular weight excluding hydrogens is 230 g/mol. The van der Waals surface area contributed by atoms with E-state index in [0.717, 1.165) is 25.7 Å². The molecule has 0 amide bonds. The first-order valence-corrected chi connectivity index (χ1v) is 7.59. The smallest absolute Gasteiger partial charge is 0.107 e. The summed E-state index contributed by atoms with van der Waals surface area (Å²) in [5.41, 5.74) is 1.25. The Kier molecular flexibility index (Phi) is 4.95. The maximum Gasteiger partial charge on any atom is 0.107 e. The zero-order valence-electron chi connectivity index (χ0n) is 10.9. The van der Waals surface area contributed by atoms with Crippen LogP contribution in [0.15, 0.2) is 5.38 Å². The van der Waals surface area contributed by atoms with E-state index < -0.39 is 0 Å². The fraction of sp³-hybridized carbons (Fsp3) is 0.769. The monoisotopic (exact) mass is 253 g/mol. The summed E-state index contributed by atoms with van der Waals surface area (Å²) in [5, 5.41) is 6.76. The molecule has 17 heavy (non-hydrogen) atoms. The molecule has 0 spiro atoms. The first kappa shape index (κ1) is 13.0. The molecule has 4 heteroatoms. The summed E-state index contributed by atoms with van der Waals surface area (Å²) >= 11 is 1.78. The summed E-state index contributed by atoms with van der Waals surface area (Å²) in [5.74, 6) is 0. The summed E-state index contributed by atoms with van der Waals surface area (Å²) in [6, 6.07) is 0.842. The van der Waals surface area contributed by atoms with Crippen LogP contribution >= 0.6 is 11.3 Å². The van der Waals surface area contributed by atoms with Crippen molar-refractivity contribution < 1.29 is 0 Å². The number of thiazole rings is 1. The lowest BCUT2D eigenvalue weighted by Gasteiger charge is -2.19. The number of aromatic nitrogens is 1. The van der Waals surface area contributed by atoms with Crippen molar-refractivity contribution in [2.45, 2.75) is 52.2 Å². The molecule has 0 saturated heterocycles. The van der Waals surface area contributed by atoms with Gasteiger partial charge in [0.1, 0.15) is 5.01 Å². The van der Waals surface area contributed by atoms with E-state index in [9.17, 15) is 0 Å². The third kappa shape index (κ3) is 4.05. The van der Waals surface area contributed by atoms with Gasteiger partial charge in [-0.3, -0.25) is 4.90 Å². The molecule has 0 radical (unpaired) electrons. The lowest BCUT2D eigenvalue weighted by atomic mass is 10.3. The maximum atomic E-state index is 4.69. The van der Waals surface area contributed by atoms with Crippen molar-refractivity contribution in [2.75, 3.05) is 13.1 Å². The molecule has 2 rings (SSSR count). The van der Waals surface area contributed by atoms with Gasteiger partial charge in [0, 0.05) is 24.5 Å². The third-order valence-corrected chi connectivity index (χ3v) is 3.96. The van der Waals surface area contributed by atoms with Crippen LogP contribution in [0.3, 0.4) is 0 Å². The average molecular weight is 253 g/mol. The van der Waals surface area contributed by atoms with E-state index in [4.69, 9.17) is 4.98 Å². The number of hydrogen-bond donors (Lipinski definition) is 1. The molecule has 1 aliphatic carbocycles. The Balaban J connectivity index is 1.85. The highest BCUT2D eigenvalue weighted by atomic mass is 32.1. The third-order valence-electron chi connectivity index (χ3n) is 3.06. The molecule has 1 aromatic heterocycles. The summed E-state index contributed by atoms with van der Waals surface area (Å²) in [6.45, 7) is 8.57. The quantitative estimate of drug-likeness (QED) is 0.772. The maximum absolute atomic E-state index is 4.69. The van der Waals surface area contributed by atoms with Gasteiger partial charge >= 0.3 is 0 Å². The molecule has 1 fully saturated rings. The lowest BCUT2D eigenvalue weighted by Crippen LogP contribution is -2.26. The van der Waals surface area contributed by atoms with E-state index in [-0.39, 0.29) is 0 Å². The van der Waals surface area contributed by atoms with Gasteiger partial charge in [0.15, 0.2) is 0 Å². The van der Waals surface area contributed by atoms with Gasteiger partial charge < -0.3 is 5.32 Å². The lowest BCUT2D eigenvalue weighted by molar-refractivity contribution is 0.252. The predicted octanol–water partition coefficient (Wildman–Crippen LogP) is 2.63. The van der Waals surface area contributed by atoms with Crippen LogP contribution in [0.25, 0.3) is 0 Å². The van der Waals surface area contributed by atoms with Crippen LogP contribution in [0.2, 0.25) is 0 Å². The van der Waals surface area contributed by atoms with Gasteiger partial charge in [0.2, 0.25) is 0 Å². The van der Waals surface area contributed by atoms with Crippen molar-refractivity contribution in [1.82, 2.24) is 15.2 Å². The number of nitrogens with zero attached hydrogens (tertiary/aromatic N) is 2. The fourth-order valence-electron chi connectivity index (χ4n) is 2.06. The number of rotatable bonds is 8. The van der Waals surface area contributed by atoms with Gasteiger partial charge in [0.25, 0.3) is 0 Å². The minimum Gasteiger partial charge on any atom is -0.311 e. The van der Waals surface area contributed by atoms with Crippen LogP contribution in [-0.4, -0.2) is 29.0 Å². The van der Waals surface area contributed by atoms with Gasteiger partial charge in [-0.25, -0.2) is 4.98 Å². The van der Waals surface area contributed by atoms with Crippen molar-refractivity contribution in [2.24, 2.45) is 0 Å². The Bertz CT molecular complexity index is 333. The predicted molar refractivity (Wildman–Crippen MR) is 73.2 cm³/mol. The van der Waals surface area contributed by atoms with E-state index in [1.165, 1.54) is 36.5 Å². The van der Waals surface area contributed by atoms with E-state index >= 15 is 0 Å². The minimum atomic E-state index is 0.842. The zero-order chi connectivity index (χ0) is 12.1. The molecule has 1 aliphatic rings. The molecule has 1 heterocycles. The van der Waals surface area contributed by atoms with Gasteiger partial charge in [0.05, 0.1) is 5.69 Å². The highest BCUT2D eigenvalue weighted by Crippen LogP contribution is 2.28. The SMILES string of the molecule is CCCN(Cc1csc(CNCC)n1)C1CC1. The first-order valence-electron chi connectivity index (χ1n) is 6.71. The minimum absolute atomic E-state index is 0.842. The highest BCUT2D eigenvalue weighted by Gasteiger charge is 2.28. The molecular formula is C13H23N3S. The van der Waals surface area contributed by atoms with Crippen LogP contribution in [0.5, 0.6) is 0 Å². The largest absolute Gasteiger partial charge is 0.311 e. The first-order chi connectivity index (χ1) is 8.33. The average Bonchev–Trinajstić information content (AvgIpc) is 3.08. The highest BCUT2D eigenvalue weighted by molar-refractivity contribution is 7.09. The van der Waals surface area contributed by atoms with E-state index in [2.05, 4.69) is 29.4 Å². The van der Waals surface area contributed by atoms with Crippen LogP contribution < -0.4 is 5.32 Å². The van der Waals surface area contributed by atoms with Crippen LogP contribution in [0.1, 0.15) is 43.8 Å². The van der Waals surface area contributed by atoms with Crippen molar-refractivity contribution in [3.8, 4) is 0 Å². The summed E-state index contributed by atoms with van der Waals surface area (Å²) in [7, 11) is 0. The standard InChI is InChI=1S/C13H23N3S/c1-3-7-16(12-5-6-12)9-11-10-17-13(15-11)8-14-4-2/h10,12,14H,3-9H2,1-2H3. The number of hydrogen-bond acceptors (Lipinski definition) is 4. The van der Waals surface area contributed by atoms with E-state index in [1.54, 1.807) is 11.3 Å². The normalized spacial score (nSPS) is 15.7. The molecule has 0 aliphatic heterocycles. The second-order valence-electron chi connectivity index (χ2n) is 4.71. The molecule has 0 atom stereocenters. The molecule has 96 valence electrons. The summed E-state index contributed by atoms with van der Waals surface area (Å²) < 4.78 is 0. The van der Waals surface area contributed by atoms with Crippen molar-refractivity contribution >= 4 is 11.3 Å². The Morgan fingerprint density at radius 3 is 2.94 bits per heavy atom. The zero-order valence-corrected chi connectivity index (χ0v) is 11.7. The molecule has 3 nitrogen and oxygen atoms in total. The Hall–Kier alpha value is -0.450. The molecule has 0 unspecified atom stereocenters. The van der Waals surface area contributed by atoms with Crippen molar-refractivity contribution in [3.63, 3.8) is 0 Å². The Morgan fingerprint density at radius 1 is 1.47 bits per heavy atom. The molecule has 1 saturated carbocycles. The van der Waals surface area contributed by atoms with Gasteiger partial charge in [-0.05, 0) is 32.4 Å².